The van der Waals surface area contributed by atoms with Gasteiger partial charge in [0.25, 0.3) is 0 Å². The van der Waals surface area contributed by atoms with E-state index < -0.39 is 0 Å². The van der Waals surface area contributed by atoms with Crippen LogP contribution in [0.15, 0.2) is 15.9 Å². The molecule has 0 bridgehead atoms. The molecular formula is C10H17BrN2S. The second kappa shape index (κ2) is 7.40. The van der Waals surface area contributed by atoms with Gasteiger partial charge < -0.3 is 10.6 Å². The Morgan fingerprint density at radius 2 is 2.14 bits per heavy atom. The highest BCUT2D eigenvalue weighted by molar-refractivity contribution is 9.10. The molecule has 0 saturated heterocycles. The van der Waals surface area contributed by atoms with E-state index in [-0.39, 0.29) is 0 Å². The molecule has 14 heavy (non-hydrogen) atoms. The third kappa shape index (κ3) is 4.55. The van der Waals surface area contributed by atoms with Gasteiger partial charge in [0.2, 0.25) is 0 Å². The van der Waals surface area contributed by atoms with Gasteiger partial charge in [-0.2, -0.15) is 0 Å². The van der Waals surface area contributed by atoms with Crippen LogP contribution in [0.3, 0.4) is 0 Å². The van der Waals surface area contributed by atoms with Crippen molar-refractivity contribution in [2.45, 2.75) is 19.9 Å². The summed E-state index contributed by atoms with van der Waals surface area (Å²) in [5, 5.41) is 8.85. The fraction of sp³-hybridized carbons (Fsp3) is 0.600. The van der Waals surface area contributed by atoms with Gasteiger partial charge in [0.15, 0.2) is 0 Å². The molecule has 1 aromatic rings. The lowest BCUT2D eigenvalue weighted by Gasteiger charge is -2.04. The Kier molecular flexibility index (Phi) is 6.43. The Labute approximate surface area is 98.2 Å². The minimum Gasteiger partial charge on any atom is -0.317 e. The van der Waals surface area contributed by atoms with Crippen LogP contribution in [0, 0.1) is 0 Å². The monoisotopic (exact) mass is 276 g/mol. The molecule has 0 aromatic carbocycles. The SMILES string of the molecule is CCNCCCNCc1sccc1Br. The minimum atomic E-state index is 0.977. The molecule has 0 atom stereocenters. The molecule has 0 aliphatic rings. The molecule has 80 valence electrons. The summed E-state index contributed by atoms with van der Waals surface area (Å²) in [4.78, 5) is 1.38. The highest BCUT2D eigenvalue weighted by Gasteiger charge is 1.99. The average molecular weight is 277 g/mol. The number of nitrogens with one attached hydrogen (secondary N) is 2. The van der Waals surface area contributed by atoms with Gasteiger partial charge in [0.1, 0.15) is 0 Å². The predicted molar refractivity (Wildman–Crippen MR) is 66.9 cm³/mol. The second-order valence-corrected chi connectivity index (χ2v) is 4.93. The van der Waals surface area contributed by atoms with Gasteiger partial charge in [-0.05, 0) is 53.4 Å². The van der Waals surface area contributed by atoms with Gasteiger partial charge in [-0.15, -0.1) is 11.3 Å². The zero-order valence-corrected chi connectivity index (χ0v) is 10.9. The first-order valence-electron chi connectivity index (χ1n) is 4.98. The first-order chi connectivity index (χ1) is 6.84. The van der Waals surface area contributed by atoms with Gasteiger partial charge >= 0.3 is 0 Å². The van der Waals surface area contributed by atoms with Crippen LogP contribution >= 0.6 is 27.3 Å². The number of rotatable bonds is 7. The lowest BCUT2D eigenvalue weighted by Crippen LogP contribution is -2.21. The fourth-order valence-electron chi connectivity index (χ4n) is 1.17. The molecule has 0 aliphatic carbocycles. The van der Waals surface area contributed by atoms with Gasteiger partial charge in [0, 0.05) is 15.9 Å². The minimum absolute atomic E-state index is 0.977. The van der Waals surface area contributed by atoms with Crippen LogP contribution in [0.4, 0.5) is 0 Å². The molecule has 0 unspecified atom stereocenters. The molecule has 4 heteroatoms. The number of thiophene rings is 1. The van der Waals surface area contributed by atoms with Crippen molar-refractivity contribution in [3.05, 3.63) is 20.8 Å². The van der Waals surface area contributed by atoms with Crippen molar-refractivity contribution in [1.29, 1.82) is 0 Å². The summed E-state index contributed by atoms with van der Waals surface area (Å²) in [5.41, 5.74) is 0. The van der Waals surface area contributed by atoms with E-state index in [1.165, 1.54) is 15.8 Å². The van der Waals surface area contributed by atoms with E-state index in [0.29, 0.717) is 0 Å². The van der Waals surface area contributed by atoms with Crippen LogP contribution in [0.1, 0.15) is 18.2 Å². The molecule has 2 nitrogen and oxygen atoms in total. The van der Waals surface area contributed by atoms with Crippen LogP contribution in [0.5, 0.6) is 0 Å². The topological polar surface area (TPSA) is 24.1 Å². The van der Waals surface area contributed by atoms with Crippen LogP contribution in [-0.4, -0.2) is 19.6 Å². The lowest BCUT2D eigenvalue weighted by atomic mass is 10.4. The molecule has 0 saturated carbocycles. The van der Waals surface area contributed by atoms with E-state index in [2.05, 4.69) is 44.9 Å². The van der Waals surface area contributed by atoms with E-state index in [1.807, 2.05) is 0 Å². The Hall–Kier alpha value is 0.100. The number of hydrogen-bond donors (Lipinski definition) is 2. The van der Waals surface area contributed by atoms with Crippen molar-refractivity contribution in [3.8, 4) is 0 Å². The molecule has 1 heterocycles. The van der Waals surface area contributed by atoms with Crippen LogP contribution in [0.25, 0.3) is 0 Å². The first-order valence-corrected chi connectivity index (χ1v) is 6.65. The maximum Gasteiger partial charge on any atom is 0.0327 e. The normalized spacial score (nSPS) is 10.7. The molecule has 0 fully saturated rings. The van der Waals surface area contributed by atoms with Crippen molar-refractivity contribution in [2.24, 2.45) is 0 Å². The van der Waals surface area contributed by atoms with Crippen LogP contribution in [0.2, 0.25) is 0 Å². The van der Waals surface area contributed by atoms with E-state index in [9.17, 15) is 0 Å². The molecule has 1 rings (SSSR count). The van der Waals surface area contributed by atoms with Crippen molar-refractivity contribution in [1.82, 2.24) is 10.6 Å². The molecule has 0 aliphatic heterocycles. The summed E-state index contributed by atoms with van der Waals surface area (Å²) < 4.78 is 1.22. The Bertz CT molecular complexity index is 250. The number of halogens is 1. The summed E-state index contributed by atoms with van der Waals surface area (Å²) in [7, 11) is 0. The predicted octanol–water partition coefficient (Wildman–Crippen LogP) is 2.60. The molecule has 2 N–H and O–H groups in total. The standard InChI is InChI=1S/C10H17BrN2S/c1-2-12-5-3-6-13-8-10-9(11)4-7-14-10/h4,7,12-13H,2-3,5-6,8H2,1H3. The van der Waals surface area contributed by atoms with Gasteiger partial charge in [-0.1, -0.05) is 6.92 Å². The van der Waals surface area contributed by atoms with E-state index in [4.69, 9.17) is 0 Å². The zero-order chi connectivity index (χ0) is 10.2. The maximum absolute atomic E-state index is 3.52. The Morgan fingerprint density at radius 3 is 2.79 bits per heavy atom. The average Bonchev–Trinajstić information content (AvgIpc) is 2.58. The Balaban J connectivity index is 2.02. The lowest BCUT2D eigenvalue weighted by molar-refractivity contribution is 0.608. The number of hydrogen-bond acceptors (Lipinski definition) is 3. The largest absolute Gasteiger partial charge is 0.317 e. The summed E-state index contributed by atoms with van der Waals surface area (Å²) >= 11 is 5.31. The van der Waals surface area contributed by atoms with Gasteiger partial charge in [0.05, 0.1) is 0 Å². The van der Waals surface area contributed by atoms with E-state index in [0.717, 1.165) is 26.2 Å². The van der Waals surface area contributed by atoms with Crippen LogP contribution < -0.4 is 10.6 Å². The highest BCUT2D eigenvalue weighted by Crippen LogP contribution is 2.21. The third-order valence-corrected chi connectivity index (χ3v) is 3.86. The van der Waals surface area contributed by atoms with Crippen molar-refractivity contribution < 1.29 is 0 Å². The van der Waals surface area contributed by atoms with Gasteiger partial charge in [-0.3, -0.25) is 0 Å². The highest BCUT2D eigenvalue weighted by atomic mass is 79.9. The Morgan fingerprint density at radius 1 is 1.36 bits per heavy atom. The quantitative estimate of drug-likeness (QED) is 0.749. The van der Waals surface area contributed by atoms with Crippen molar-refractivity contribution in [3.63, 3.8) is 0 Å². The molecule has 0 amide bonds. The summed E-state index contributed by atoms with van der Waals surface area (Å²) in [6.45, 7) is 6.36. The maximum atomic E-state index is 3.52. The molecule has 0 spiro atoms. The first kappa shape index (κ1) is 12.2. The smallest absolute Gasteiger partial charge is 0.0327 e. The van der Waals surface area contributed by atoms with Gasteiger partial charge in [-0.25, -0.2) is 0 Å². The summed E-state index contributed by atoms with van der Waals surface area (Å²) in [6.07, 6.45) is 1.19. The zero-order valence-electron chi connectivity index (χ0n) is 8.48. The molecular weight excluding hydrogens is 260 g/mol. The van der Waals surface area contributed by atoms with E-state index in [1.54, 1.807) is 11.3 Å². The van der Waals surface area contributed by atoms with Crippen molar-refractivity contribution in [2.75, 3.05) is 19.6 Å². The van der Waals surface area contributed by atoms with Crippen LogP contribution in [-0.2, 0) is 6.54 Å². The fourth-order valence-corrected chi connectivity index (χ4v) is 2.63. The second-order valence-electron chi connectivity index (χ2n) is 3.08. The molecule has 0 radical (unpaired) electrons. The van der Waals surface area contributed by atoms with E-state index >= 15 is 0 Å². The summed E-state index contributed by atoms with van der Waals surface area (Å²) in [5.74, 6) is 0. The third-order valence-electron chi connectivity index (χ3n) is 1.93. The van der Waals surface area contributed by atoms with Crippen molar-refractivity contribution >= 4 is 27.3 Å². The molecule has 1 aromatic heterocycles. The summed E-state index contributed by atoms with van der Waals surface area (Å²) in [6, 6.07) is 2.10.